The number of nitrogens with zero attached hydrogens (tertiary/aromatic N) is 2. The second kappa shape index (κ2) is 10.3. The number of rotatable bonds is 6. The molecular formula is C27H31Cl2N3OS. The fraction of sp³-hybridized carbons (Fsp3) is 0.407. The molecule has 34 heavy (non-hydrogen) atoms. The number of aromatic nitrogens is 1. The van der Waals surface area contributed by atoms with Crippen LogP contribution in [-0.2, 0) is 4.79 Å². The Morgan fingerprint density at radius 2 is 1.85 bits per heavy atom. The maximum absolute atomic E-state index is 13.7. The topological polar surface area (TPSA) is 45.2 Å². The maximum Gasteiger partial charge on any atom is 0.245 e. The molecule has 3 aromatic rings. The van der Waals surface area contributed by atoms with Gasteiger partial charge in [-0.1, -0.05) is 81.2 Å². The molecule has 0 bridgehead atoms. The van der Waals surface area contributed by atoms with Crippen LogP contribution in [0.25, 0.3) is 11.3 Å². The molecular weight excluding hydrogens is 485 g/mol. The largest absolute Gasteiger partial charge is 0.349 e. The lowest BCUT2D eigenvalue weighted by Crippen LogP contribution is -2.53. The first-order chi connectivity index (χ1) is 16.2. The van der Waals surface area contributed by atoms with Crippen molar-refractivity contribution in [1.82, 2.24) is 9.88 Å². The fourth-order valence-corrected chi connectivity index (χ4v) is 5.94. The van der Waals surface area contributed by atoms with Gasteiger partial charge in [-0.3, -0.25) is 4.79 Å². The average molecular weight is 517 g/mol. The summed E-state index contributed by atoms with van der Waals surface area (Å²) in [5, 5.41) is 7.55. The molecule has 1 aromatic heterocycles. The van der Waals surface area contributed by atoms with Gasteiger partial charge >= 0.3 is 0 Å². The van der Waals surface area contributed by atoms with Crippen LogP contribution in [0.5, 0.6) is 0 Å². The minimum atomic E-state index is -0.340. The Labute approximate surface area is 216 Å². The van der Waals surface area contributed by atoms with Gasteiger partial charge in [0.1, 0.15) is 6.04 Å². The van der Waals surface area contributed by atoms with E-state index in [1.165, 1.54) is 16.9 Å². The van der Waals surface area contributed by atoms with Gasteiger partial charge in [0.15, 0.2) is 5.13 Å². The molecule has 1 fully saturated rings. The minimum Gasteiger partial charge on any atom is -0.349 e. The SMILES string of the molecule is CC(C)[C@@H](Nc1nc(-c2ccccc2Cl)cs1)C(=O)N1CC[C@H](c2ccc(Cl)cc2)C(C)(C)C1. The number of amides is 1. The van der Waals surface area contributed by atoms with Crippen LogP contribution < -0.4 is 5.32 Å². The molecule has 1 aliphatic rings. The van der Waals surface area contributed by atoms with Gasteiger partial charge < -0.3 is 10.2 Å². The second-order valence-corrected chi connectivity index (χ2v) is 11.7. The van der Waals surface area contributed by atoms with Crippen LogP contribution in [0.4, 0.5) is 5.13 Å². The number of anilines is 1. The normalized spacial score (nSPS) is 18.7. The number of nitrogens with one attached hydrogen (secondary N) is 1. The summed E-state index contributed by atoms with van der Waals surface area (Å²) in [6.45, 7) is 10.1. The molecule has 0 saturated carbocycles. The van der Waals surface area contributed by atoms with Gasteiger partial charge in [0.25, 0.3) is 0 Å². The Balaban J connectivity index is 1.47. The molecule has 1 amide bonds. The van der Waals surface area contributed by atoms with E-state index in [0.29, 0.717) is 17.5 Å². The molecule has 1 saturated heterocycles. The van der Waals surface area contributed by atoms with E-state index < -0.39 is 0 Å². The number of hydrogen-bond donors (Lipinski definition) is 1. The Bertz CT molecular complexity index is 1140. The number of benzene rings is 2. The van der Waals surface area contributed by atoms with Gasteiger partial charge in [0.2, 0.25) is 5.91 Å². The fourth-order valence-electron chi connectivity index (χ4n) is 4.83. The highest BCUT2D eigenvalue weighted by atomic mass is 35.5. The smallest absolute Gasteiger partial charge is 0.245 e. The summed E-state index contributed by atoms with van der Waals surface area (Å²) in [6, 6.07) is 15.5. The zero-order valence-electron chi connectivity index (χ0n) is 20.0. The van der Waals surface area contributed by atoms with Crippen LogP contribution in [0.2, 0.25) is 10.0 Å². The lowest BCUT2D eigenvalue weighted by molar-refractivity contribution is -0.136. The van der Waals surface area contributed by atoms with Crippen LogP contribution in [0.3, 0.4) is 0 Å². The summed E-state index contributed by atoms with van der Waals surface area (Å²) in [5.41, 5.74) is 2.96. The van der Waals surface area contributed by atoms with Crippen molar-refractivity contribution in [1.29, 1.82) is 0 Å². The number of carbonyl (C=O) groups excluding carboxylic acids is 1. The van der Waals surface area contributed by atoms with Gasteiger partial charge in [-0.25, -0.2) is 4.98 Å². The minimum absolute atomic E-state index is 0.0400. The summed E-state index contributed by atoms with van der Waals surface area (Å²) in [5.74, 6) is 0.640. The second-order valence-electron chi connectivity index (χ2n) is 10.0. The number of halogens is 2. The van der Waals surface area contributed by atoms with E-state index in [0.717, 1.165) is 34.4 Å². The van der Waals surface area contributed by atoms with Gasteiger partial charge in [0, 0.05) is 34.1 Å². The average Bonchev–Trinajstić information content (AvgIpc) is 3.26. The van der Waals surface area contributed by atoms with Crippen molar-refractivity contribution in [2.45, 2.75) is 46.1 Å². The van der Waals surface area contributed by atoms with Crippen LogP contribution in [0.1, 0.15) is 45.6 Å². The van der Waals surface area contributed by atoms with Crippen molar-refractivity contribution in [2.75, 3.05) is 18.4 Å². The van der Waals surface area contributed by atoms with Crippen LogP contribution in [0, 0.1) is 11.3 Å². The van der Waals surface area contributed by atoms with Crippen molar-refractivity contribution in [3.05, 3.63) is 69.5 Å². The zero-order chi connectivity index (χ0) is 24.5. The van der Waals surface area contributed by atoms with Crippen molar-refractivity contribution in [2.24, 2.45) is 11.3 Å². The molecule has 4 rings (SSSR count). The number of likely N-dealkylation sites (tertiary alicyclic amines) is 1. The number of carbonyl (C=O) groups is 1. The van der Waals surface area contributed by atoms with E-state index in [4.69, 9.17) is 28.2 Å². The molecule has 2 heterocycles. The number of piperidine rings is 1. The third-order valence-corrected chi connectivity index (χ3v) is 8.03. The first-order valence-electron chi connectivity index (χ1n) is 11.7. The molecule has 1 N–H and O–H groups in total. The molecule has 0 unspecified atom stereocenters. The first kappa shape index (κ1) is 25.0. The van der Waals surface area contributed by atoms with Gasteiger partial charge in [-0.15, -0.1) is 11.3 Å². The van der Waals surface area contributed by atoms with E-state index in [2.05, 4.69) is 45.1 Å². The first-order valence-corrected chi connectivity index (χ1v) is 13.3. The molecule has 0 spiro atoms. The van der Waals surface area contributed by atoms with Crippen LogP contribution in [0.15, 0.2) is 53.9 Å². The predicted octanol–water partition coefficient (Wildman–Crippen LogP) is 7.60. The highest BCUT2D eigenvalue weighted by Gasteiger charge is 2.40. The predicted molar refractivity (Wildman–Crippen MR) is 144 cm³/mol. The van der Waals surface area contributed by atoms with Gasteiger partial charge in [-0.2, -0.15) is 0 Å². The van der Waals surface area contributed by atoms with Crippen molar-refractivity contribution in [3.63, 3.8) is 0 Å². The van der Waals surface area contributed by atoms with Crippen LogP contribution in [-0.4, -0.2) is 34.9 Å². The maximum atomic E-state index is 13.7. The highest BCUT2D eigenvalue weighted by Crippen LogP contribution is 2.43. The quantitative estimate of drug-likeness (QED) is 0.367. The van der Waals surface area contributed by atoms with E-state index in [1.54, 1.807) is 0 Å². The molecule has 180 valence electrons. The summed E-state index contributed by atoms with van der Waals surface area (Å²) in [7, 11) is 0. The molecule has 0 aliphatic carbocycles. The summed E-state index contributed by atoms with van der Waals surface area (Å²) < 4.78 is 0. The number of thiazole rings is 1. The zero-order valence-corrected chi connectivity index (χ0v) is 22.3. The van der Waals surface area contributed by atoms with E-state index in [9.17, 15) is 4.79 Å². The Kier molecular flexibility index (Phi) is 7.56. The van der Waals surface area contributed by atoms with Crippen molar-refractivity contribution < 1.29 is 4.79 Å². The molecule has 7 heteroatoms. The molecule has 0 radical (unpaired) electrons. The van der Waals surface area contributed by atoms with Crippen molar-refractivity contribution in [3.8, 4) is 11.3 Å². The third-order valence-electron chi connectivity index (χ3n) is 6.68. The Hall–Kier alpha value is -2.08. The van der Waals surface area contributed by atoms with E-state index in [1.807, 2.05) is 46.7 Å². The van der Waals surface area contributed by atoms with Gasteiger partial charge in [-0.05, 0) is 47.4 Å². The lowest BCUT2D eigenvalue weighted by atomic mass is 9.70. The Morgan fingerprint density at radius 3 is 2.50 bits per heavy atom. The molecule has 1 aliphatic heterocycles. The van der Waals surface area contributed by atoms with E-state index in [-0.39, 0.29) is 23.3 Å². The van der Waals surface area contributed by atoms with Crippen molar-refractivity contribution >= 4 is 45.6 Å². The standard InChI is InChI=1S/C27H31Cl2N3OS/c1-17(2)24(31-26-30-23(15-34-26)20-7-5-6-8-22(20)29)25(33)32-14-13-21(27(3,4)16-32)18-9-11-19(28)12-10-18/h5-12,15,17,21,24H,13-14,16H2,1-4H3,(H,30,31)/t21-,24-/m1/s1. The highest BCUT2D eigenvalue weighted by molar-refractivity contribution is 7.14. The van der Waals surface area contributed by atoms with E-state index >= 15 is 0 Å². The Morgan fingerprint density at radius 1 is 1.15 bits per heavy atom. The summed E-state index contributed by atoms with van der Waals surface area (Å²) in [6.07, 6.45) is 0.930. The van der Waals surface area contributed by atoms with Gasteiger partial charge in [0.05, 0.1) is 5.69 Å². The molecule has 2 atom stereocenters. The molecule has 2 aromatic carbocycles. The third kappa shape index (κ3) is 5.42. The summed E-state index contributed by atoms with van der Waals surface area (Å²) >= 11 is 13.9. The lowest BCUT2D eigenvalue weighted by Gasteiger charge is -2.45. The monoisotopic (exact) mass is 515 g/mol. The molecule has 4 nitrogen and oxygen atoms in total. The number of hydrogen-bond acceptors (Lipinski definition) is 4. The van der Waals surface area contributed by atoms with Crippen LogP contribution >= 0.6 is 34.5 Å². The summed E-state index contributed by atoms with van der Waals surface area (Å²) in [4.78, 5) is 20.4.